The van der Waals surface area contributed by atoms with Gasteiger partial charge in [-0.25, -0.2) is 15.0 Å². The molecule has 0 fully saturated rings. The van der Waals surface area contributed by atoms with Crippen LogP contribution < -0.4 is 10.6 Å². The van der Waals surface area contributed by atoms with E-state index in [0.717, 1.165) is 40.8 Å². The lowest BCUT2D eigenvalue weighted by Gasteiger charge is -2.10. The number of aromatic nitrogens is 3. The lowest BCUT2D eigenvalue weighted by atomic mass is 10.3. The number of fused-ring (bicyclic) bond motifs is 1. The van der Waals surface area contributed by atoms with Gasteiger partial charge in [-0.3, -0.25) is 0 Å². The van der Waals surface area contributed by atoms with E-state index in [9.17, 15) is 0 Å². The molecule has 0 atom stereocenters. The Morgan fingerprint density at radius 1 is 1.23 bits per heavy atom. The topological polar surface area (TPSA) is 67.1 Å². The zero-order chi connectivity index (χ0) is 17.6. The molecule has 0 radical (unpaired) electrons. The fourth-order valence-electron chi connectivity index (χ4n) is 2.58. The van der Waals surface area contributed by atoms with Gasteiger partial charge in [-0.1, -0.05) is 19.1 Å². The number of aryl methyl sites for hydroxylation is 2. The molecule has 1 aromatic carbocycles. The predicted octanol–water partition coefficient (Wildman–Crippen LogP) is 3.47. The summed E-state index contributed by atoms with van der Waals surface area (Å²) in [4.78, 5) is 15.1. The number of hydrogen-bond acceptors (Lipinski definition) is 4. The number of hydrogen-bond donors (Lipinski definition) is 2. The van der Waals surface area contributed by atoms with Crippen molar-refractivity contribution in [3.63, 3.8) is 0 Å². The summed E-state index contributed by atoms with van der Waals surface area (Å²) in [5.41, 5.74) is 2.13. The predicted molar refractivity (Wildman–Crippen MR) is 119 cm³/mol. The second kappa shape index (κ2) is 9.86. The van der Waals surface area contributed by atoms with Crippen molar-refractivity contribution in [1.29, 1.82) is 0 Å². The monoisotopic (exact) mass is 484 g/mol. The molecule has 2 aromatic heterocycles. The molecule has 3 aromatic rings. The highest BCUT2D eigenvalue weighted by molar-refractivity contribution is 14.0. The van der Waals surface area contributed by atoms with Gasteiger partial charge in [-0.15, -0.1) is 35.3 Å². The minimum absolute atomic E-state index is 0. The van der Waals surface area contributed by atoms with Crippen molar-refractivity contribution in [2.75, 3.05) is 6.54 Å². The van der Waals surface area contributed by atoms with E-state index in [4.69, 9.17) is 0 Å². The number of imidazole rings is 1. The Morgan fingerprint density at radius 2 is 2.04 bits per heavy atom. The summed E-state index contributed by atoms with van der Waals surface area (Å²) in [7, 11) is 2.03. The summed E-state index contributed by atoms with van der Waals surface area (Å²) in [6.45, 7) is 6.22. The highest BCUT2D eigenvalue weighted by atomic mass is 127. The first-order valence-electron chi connectivity index (χ1n) is 8.57. The number of para-hydroxylation sites is 2. The first kappa shape index (κ1) is 20.6. The van der Waals surface area contributed by atoms with Crippen LogP contribution in [0.4, 0.5) is 0 Å². The highest BCUT2D eigenvalue weighted by Crippen LogP contribution is 2.15. The van der Waals surface area contributed by atoms with E-state index in [-0.39, 0.29) is 24.0 Å². The van der Waals surface area contributed by atoms with Crippen molar-refractivity contribution < 1.29 is 0 Å². The van der Waals surface area contributed by atoms with Gasteiger partial charge in [0.05, 0.1) is 17.6 Å². The summed E-state index contributed by atoms with van der Waals surface area (Å²) < 4.78 is 2.09. The minimum Gasteiger partial charge on any atom is -0.357 e. The normalized spacial score (nSPS) is 11.4. The lowest BCUT2D eigenvalue weighted by molar-refractivity contribution is 0.776. The van der Waals surface area contributed by atoms with Crippen LogP contribution in [0.2, 0.25) is 0 Å². The van der Waals surface area contributed by atoms with Gasteiger partial charge < -0.3 is 15.2 Å². The maximum atomic E-state index is 4.67. The van der Waals surface area contributed by atoms with Crippen LogP contribution in [-0.2, 0) is 26.6 Å². The molecule has 2 N–H and O–H groups in total. The second-order valence-electron chi connectivity index (χ2n) is 5.70. The molecular formula is C18H25IN6S. The van der Waals surface area contributed by atoms with Crippen LogP contribution in [-0.4, -0.2) is 27.0 Å². The zero-order valence-corrected chi connectivity index (χ0v) is 18.5. The molecule has 0 saturated heterocycles. The molecule has 140 valence electrons. The van der Waals surface area contributed by atoms with Gasteiger partial charge in [0.2, 0.25) is 0 Å². The summed E-state index contributed by atoms with van der Waals surface area (Å²) >= 11 is 1.74. The molecule has 26 heavy (non-hydrogen) atoms. The second-order valence-corrected chi connectivity index (χ2v) is 6.90. The first-order valence-corrected chi connectivity index (χ1v) is 9.39. The van der Waals surface area contributed by atoms with E-state index >= 15 is 0 Å². The Hall–Kier alpha value is -1.68. The quantitative estimate of drug-likeness (QED) is 0.320. The van der Waals surface area contributed by atoms with Crippen molar-refractivity contribution in [1.82, 2.24) is 25.2 Å². The van der Waals surface area contributed by atoms with Crippen LogP contribution in [0.3, 0.4) is 0 Å². The molecule has 0 aliphatic heterocycles. The fourth-order valence-corrected chi connectivity index (χ4v) is 3.38. The minimum atomic E-state index is 0. The number of benzene rings is 1. The SMILES string of the molecule is CCNC(=NCc1nc2ccccc2n1C)NCc1ncc(CC)s1.I. The van der Waals surface area contributed by atoms with E-state index in [2.05, 4.69) is 50.1 Å². The Labute approximate surface area is 175 Å². The lowest BCUT2D eigenvalue weighted by Crippen LogP contribution is -2.36. The number of rotatable bonds is 6. The summed E-state index contributed by atoms with van der Waals surface area (Å²) in [5.74, 6) is 1.73. The van der Waals surface area contributed by atoms with Crippen molar-refractivity contribution in [2.24, 2.45) is 12.0 Å². The van der Waals surface area contributed by atoms with E-state index in [1.165, 1.54) is 4.88 Å². The average molecular weight is 484 g/mol. The molecule has 0 aliphatic carbocycles. The third-order valence-electron chi connectivity index (χ3n) is 3.96. The largest absolute Gasteiger partial charge is 0.357 e. The summed E-state index contributed by atoms with van der Waals surface area (Å²) in [5, 5.41) is 7.70. The van der Waals surface area contributed by atoms with Crippen LogP contribution in [0.15, 0.2) is 35.5 Å². The van der Waals surface area contributed by atoms with Crippen LogP contribution in [0.1, 0.15) is 29.6 Å². The molecule has 0 saturated carbocycles. The third kappa shape index (κ3) is 4.94. The standard InChI is InChI=1S/C18H24N6S.HI/c1-4-13-10-20-17(25-13)12-22-18(19-5-2)21-11-16-23-14-8-6-7-9-15(14)24(16)3;/h6-10H,4-5,11-12H2,1-3H3,(H2,19,21,22);1H. The average Bonchev–Trinajstić information content (AvgIpc) is 3.22. The van der Waals surface area contributed by atoms with Crippen LogP contribution >= 0.6 is 35.3 Å². The molecule has 2 heterocycles. The molecule has 0 aliphatic rings. The van der Waals surface area contributed by atoms with Crippen LogP contribution in [0, 0.1) is 0 Å². The number of halogens is 1. The molecule has 0 unspecified atom stereocenters. The molecule has 8 heteroatoms. The summed E-state index contributed by atoms with van der Waals surface area (Å²) in [6.07, 6.45) is 2.98. The van der Waals surface area contributed by atoms with E-state index in [0.29, 0.717) is 13.1 Å². The van der Waals surface area contributed by atoms with E-state index in [1.54, 1.807) is 11.3 Å². The van der Waals surface area contributed by atoms with Gasteiger partial charge in [0, 0.05) is 24.7 Å². The molecule has 0 bridgehead atoms. The Balaban J connectivity index is 0.00000243. The number of nitrogens with one attached hydrogen (secondary N) is 2. The molecule has 6 nitrogen and oxygen atoms in total. The Bertz CT molecular complexity index is 870. The highest BCUT2D eigenvalue weighted by Gasteiger charge is 2.07. The maximum absolute atomic E-state index is 4.67. The van der Waals surface area contributed by atoms with Crippen molar-refractivity contribution in [3.05, 3.63) is 46.2 Å². The third-order valence-corrected chi connectivity index (χ3v) is 5.10. The van der Waals surface area contributed by atoms with Gasteiger partial charge in [-0.2, -0.15) is 0 Å². The number of aliphatic imine (C=N–C) groups is 1. The molecular weight excluding hydrogens is 459 g/mol. The fraction of sp³-hybridized carbons (Fsp3) is 0.389. The van der Waals surface area contributed by atoms with Gasteiger partial charge in [0.1, 0.15) is 17.4 Å². The maximum Gasteiger partial charge on any atom is 0.192 e. The van der Waals surface area contributed by atoms with Crippen molar-refractivity contribution >= 4 is 52.3 Å². The van der Waals surface area contributed by atoms with Crippen molar-refractivity contribution in [2.45, 2.75) is 33.4 Å². The summed E-state index contributed by atoms with van der Waals surface area (Å²) in [6, 6.07) is 8.14. The number of guanidine groups is 1. The van der Waals surface area contributed by atoms with Crippen molar-refractivity contribution in [3.8, 4) is 0 Å². The van der Waals surface area contributed by atoms with Gasteiger partial charge >= 0.3 is 0 Å². The van der Waals surface area contributed by atoms with Gasteiger partial charge in [0.25, 0.3) is 0 Å². The molecule has 3 rings (SSSR count). The van der Waals surface area contributed by atoms with Crippen LogP contribution in [0.5, 0.6) is 0 Å². The van der Waals surface area contributed by atoms with E-state index < -0.39 is 0 Å². The molecule has 0 amide bonds. The Morgan fingerprint density at radius 3 is 2.73 bits per heavy atom. The zero-order valence-electron chi connectivity index (χ0n) is 15.3. The van der Waals surface area contributed by atoms with E-state index in [1.807, 2.05) is 31.4 Å². The van der Waals surface area contributed by atoms with Crippen LogP contribution in [0.25, 0.3) is 11.0 Å². The van der Waals surface area contributed by atoms with Gasteiger partial charge in [0.15, 0.2) is 5.96 Å². The Kier molecular flexibility index (Phi) is 7.83. The number of thiazole rings is 1. The molecule has 0 spiro atoms. The first-order chi connectivity index (χ1) is 12.2. The number of nitrogens with zero attached hydrogens (tertiary/aromatic N) is 4. The smallest absolute Gasteiger partial charge is 0.192 e. The van der Waals surface area contributed by atoms with Gasteiger partial charge in [-0.05, 0) is 25.5 Å².